The predicted molar refractivity (Wildman–Crippen MR) is 89.1 cm³/mol. The van der Waals surface area contributed by atoms with Gasteiger partial charge in [0.1, 0.15) is 5.54 Å². The minimum Gasteiger partial charge on any atom is -0.465 e. The van der Waals surface area contributed by atoms with Crippen LogP contribution in [0, 0.1) is 5.92 Å². The maximum atomic E-state index is 12.5. The fourth-order valence-corrected chi connectivity index (χ4v) is 3.16. The third kappa shape index (κ3) is 4.61. The van der Waals surface area contributed by atoms with E-state index in [-0.39, 0.29) is 11.9 Å². The summed E-state index contributed by atoms with van der Waals surface area (Å²) < 4.78 is 8.67. The van der Waals surface area contributed by atoms with Crippen LogP contribution in [0.3, 0.4) is 0 Å². The van der Waals surface area contributed by atoms with Crippen LogP contribution in [0.1, 0.15) is 33.6 Å². The number of ether oxygens (including phenoxy) is 1. The van der Waals surface area contributed by atoms with Gasteiger partial charge >= 0.3 is 5.97 Å². The average molecular weight is 307 g/mol. The van der Waals surface area contributed by atoms with Gasteiger partial charge in [-0.1, -0.05) is 44.5 Å². The smallest absolute Gasteiger partial charge is 0.327 e. The minimum absolute atomic E-state index is 0.0206. The summed E-state index contributed by atoms with van der Waals surface area (Å²) in [4.78, 5) is 13.6. The zero-order chi connectivity index (χ0) is 15.7. The maximum Gasteiger partial charge on any atom is 0.327 e. The fourth-order valence-electron chi connectivity index (χ4n) is 2.20. The molecule has 0 fully saturated rings. The molecule has 2 atom stereocenters. The Balaban J connectivity index is 2.97. The van der Waals surface area contributed by atoms with Gasteiger partial charge in [0.25, 0.3) is 0 Å². The molecule has 116 valence electrons. The first-order valence-electron chi connectivity index (χ1n) is 7.39. The van der Waals surface area contributed by atoms with Crippen molar-refractivity contribution in [1.82, 2.24) is 4.72 Å². The predicted octanol–water partition coefficient (Wildman–Crippen LogP) is 4.21. The van der Waals surface area contributed by atoms with Gasteiger partial charge in [-0.2, -0.15) is 0 Å². The summed E-state index contributed by atoms with van der Waals surface area (Å²) in [5.74, 6) is -0.226. The first-order valence-corrected chi connectivity index (χ1v) is 8.21. The summed E-state index contributed by atoms with van der Waals surface area (Å²) in [5, 5.41) is 0. The van der Waals surface area contributed by atoms with Crippen LogP contribution in [0.15, 0.2) is 47.9 Å². The molecule has 0 aliphatic rings. The summed E-state index contributed by atoms with van der Waals surface area (Å²) >= 11 is 1.47. The van der Waals surface area contributed by atoms with E-state index in [0.29, 0.717) is 13.0 Å². The van der Waals surface area contributed by atoms with Crippen molar-refractivity contribution < 1.29 is 9.53 Å². The lowest BCUT2D eigenvalue weighted by Gasteiger charge is -2.35. The van der Waals surface area contributed by atoms with Crippen molar-refractivity contribution in [2.24, 2.45) is 5.92 Å². The van der Waals surface area contributed by atoms with Crippen molar-refractivity contribution in [2.75, 3.05) is 6.61 Å². The van der Waals surface area contributed by atoms with Crippen molar-refractivity contribution in [1.29, 1.82) is 0 Å². The molecule has 0 amide bonds. The number of nitrogens with one attached hydrogen (secondary N) is 1. The van der Waals surface area contributed by atoms with Crippen LogP contribution in [-0.2, 0) is 9.53 Å². The van der Waals surface area contributed by atoms with Gasteiger partial charge in [-0.05, 0) is 37.4 Å². The average Bonchev–Trinajstić information content (AvgIpc) is 2.52. The topological polar surface area (TPSA) is 38.3 Å². The van der Waals surface area contributed by atoms with Gasteiger partial charge in [0, 0.05) is 10.8 Å². The lowest BCUT2D eigenvalue weighted by atomic mass is 9.82. The number of hydrogen-bond acceptors (Lipinski definition) is 4. The Hall–Kier alpha value is -1.26. The molecular weight excluding hydrogens is 282 g/mol. The van der Waals surface area contributed by atoms with Crippen LogP contribution < -0.4 is 4.72 Å². The van der Waals surface area contributed by atoms with Crippen molar-refractivity contribution in [3.05, 3.63) is 43.0 Å². The summed E-state index contributed by atoms with van der Waals surface area (Å²) in [7, 11) is 0. The van der Waals surface area contributed by atoms with Crippen molar-refractivity contribution >= 4 is 17.9 Å². The molecule has 21 heavy (non-hydrogen) atoms. The molecule has 1 aromatic rings. The maximum absolute atomic E-state index is 12.5. The summed E-state index contributed by atoms with van der Waals surface area (Å²) in [6.07, 6.45) is 3.41. The highest BCUT2D eigenvalue weighted by Crippen LogP contribution is 2.30. The number of hydrogen-bond donors (Lipinski definition) is 1. The monoisotopic (exact) mass is 307 g/mol. The SMILES string of the molecule is C=CC(C)C(CCC)(NSc1ccccc1)C(=O)OCC. The third-order valence-corrected chi connectivity index (χ3v) is 4.48. The quantitative estimate of drug-likeness (QED) is 0.421. The van der Waals surface area contributed by atoms with Crippen LogP contribution in [0.2, 0.25) is 0 Å². The molecule has 0 heterocycles. The Morgan fingerprint density at radius 3 is 2.62 bits per heavy atom. The summed E-state index contributed by atoms with van der Waals surface area (Å²) in [6.45, 7) is 10.1. The Labute approximate surface area is 132 Å². The van der Waals surface area contributed by atoms with Gasteiger partial charge in [-0.25, -0.2) is 9.52 Å². The van der Waals surface area contributed by atoms with Crippen molar-refractivity contribution in [2.45, 2.75) is 44.0 Å². The van der Waals surface area contributed by atoms with E-state index in [1.54, 1.807) is 0 Å². The highest BCUT2D eigenvalue weighted by atomic mass is 32.2. The summed E-state index contributed by atoms with van der Waals surface area (Å²) in [5.41, 5.74) is -0.743. The van der Waals surface area contributed by atoms with E-state index in [9.17, 15) is 4.79 Å². The van der Waals surface area contributed by atoms with Crippen LogP contribution in [0.25, 0.3) is 0 Å². The molecule has 2 unspecified atom stereocenters. The van der Waals surface area contributed by atoms with Gasteiger partial charge < -0.3 is 4.74 Å². The Bertz CT molecular complexity index is 449. The zero-order valence-corrected chi connectivity index (χ0v) is 13.9. The second-order valence-electron chi connectivity index (χ2n) is 4.98. The van der Waals surface area contributed by atoms with E-state index in [1.807, 2.05) is 50.3 Å². The van der Waals surface area contributed by atoms with E-state index in [4.69, 9.17) is 4.74 Å². The minimum atomic E-state index is -0.743. The molecule has 0 bridgehead atoms. The summed E-state index contributed by atoms with van der Waals surface area (Å²) in [6, 6.07) is 9.96. The van der Waals surface area contributed by atoms with E-state index in [0.717, 1.165) is 11.3 Å². The van der Waals surface area contributed by atoms with Crippen molar-refractivity contribution in [3.8, 4) is 0 Å². The fraction of sp³-hybridized carbons (Fsp3) is 0.471. The van der Waals surface area contributed by atoms with E-state index in [2.05, 4.69) is 18.2 Å². The van der Waals surface area contributed by atoms with Gasteiger partial charge in [0.15, 0.2) is 0 Å². The van der Waals surface area contributed by atoms with Crippen molar-refractivity contribution in [3.63, 3.8) is 0 Å². The third-order valence-electron chi connectivity index (χ3n) is 3.51. The lowest BCUT2D eigenvalue weighted by molar-refractivity contribution is -0.152. The molecule has 0 aliphatic carbocycles. The molecule has 1 aromatic carbocycles. The molecule has 1 rings (SSSR count). The standard InChI is InChI=1S/C17H25NO2S/c1-5-13-17(14(4)6-2,16(19)20-7-3)18-21-15-11-9-8-10-12-15/h6,8-12,14,18H,2,5,7,13H2,1,3-4H3. The second kappa shape index (κ2) is 8.90. The molecule has 0 saturated carbocycles. The van der Waals surface area contributed by atoms with Crippen LogP contribution in [0.5, 0.6) is 0 Å². The van der Waals surface area contributed by atoms with Crippen LogP contribution >= 0.6 is 11.9 Å². The molecular formula is C17H25NO2S. The Morgan fingerprint density at radius 1 is 1.43 bits per heavy atom. The largest absolute Gasteiger partial charge is 0.465 e. The highest BCUT2D eigenvalue weighted by molar-refractivity contribution is 7.97. The van der Waals surface area contributed by atoms with E-state index < -0.39 is 5.54 Å². The number of carbonyl (C=O) groups excluding carboxylic acids is 1. The molecule has 0 aliphatic heterocycles. The molecule has 0 aromatic heterocycles. The normalized spacial score (nSPS) is 15.0. The number of carbonyl (C=O) groups is 1. The number of benzene rings is 1. The molecule has 0 saturated heterocycles. The van der Waals surface area contributed by atoms with Gasteiger partial charge in [0.2, 0.25) is 0 Å². The lowest BCUT2D eigenvalue weighted by Crippen LogP contribution is -2.54. The Kier molecular flexibility index (Phi) is 7.54. The molecule has 3 nitrogen and oxygen atoms in total. The Morgan fingerprint density at radius 2 is 2.10 bits per heavy atom. The van der Waals surface area contributed by atoms with E-state index in [1.165, 1.54) is 11.9 Å². The number of esters is 1. The van der Waals surface area contributed by atoms with Crippen LogP contribution in [-0.4, -0.2) is 18.1 Å². The van der Waals surface area contributed by atoms with Crippen LogP contribution in [0.4, 0.5) is 0 Å². The zero-order valence-electron chi connectivity index (χ0n) is 13.1. The first kappa shape index (κ1) is 17.8. The van der Waals surface area contributed by atoms with Gasteiger partial charge in [0.05, 0.1) is 6.61 Å². The second-order valence-corrected chi connectivity index (χ2v) is 5.86. The molecule has 4 heteroatoms. The van der Waals surface area contributed by atoms with Gasteiger partial charge in [-0.3, -0.25) is 0 Å². The molecule has 0 spiro atoms. The molecule has 1 N–H and O–H groups in total. The molecule has 0 radical (unpaired) electrons. The van der Waals surface area contributed by atoms with E-state index >= 15 is 0 Å². The van der Waals surface area contributed by atoms with Gasteiger partial charge in [-0.15, -0.1) is 6.58 Å². The highest BCUT2D eigenvalue weighted by Gasteiger charge is 2.43. The first-order chi connectivity index (χ1) is 10.1. The number of rotatable bonds is 9.